The maximum Gasteiger partial charge on any atom is 0.397 e. The number of aromatic nitrogens is 4. The van der Waals surface area contributed by atoms with Crippen LogP contribution in [0.3, 0.4) is 0 Å². The molecule has 1 N–H and O–H groups in total. The first-order valence-electron chi connectivity index (χ1n) is 10.1. The molecule has 1 amide bonds. The normalized spacial score (nSPS) is 25.8. The molecule has 0 bridgehead atoms. The average Bonchev–Trinajstić information content (AvgIpc) is 3.23. The van der Waals surface area contributed by atoms with Gasteiger partial charge in [-0.1, -0.05) is 13.8 Å². The van der Waals surface area contributed by atoms with Crippen molar-refractivity contribution in [3.63, 3.8) is 0 Å². The Morgan fingerprint density at radius 2 is 1.81 bits per heavy atom. The second kappa shape index (κ2) is 7.10. The summed E-state index contributed by atoms with van der Waals surface area (Å²) >= 11 is 0. The Hall–Kier alpha value is -2.85. The summed E-state index contributed by atoms with van der Waals surface area (Å²) in [6, 6.07) is 0. The molecule has 2 saturated heterocycles. The molecule has 2 fully saturated rings. The van der Waals surface area contributed by atoms with Crippen LogP contribution in [-0.4, -0.2) is 62.9 Å². The molecule has 4 heterocycles. The topological polar surface area (TPSA) is 79.2 Å². The van der Waals surface area contributed by atoms with Crippen LogP contribution < -0.4 is 10.2 Å². The molecule has 0 aliphatic carbocycles. The van der Waals surface area contributed by atoms with Gasteiger partial charge in [0.1, 0.15) is 12.2 Å². The van der Waals surface area contributed by atoms with Gasteiger partial charge in [0.2, 0.25) is 11.9 Å². The smallest absolute Gasteiger partial charge is 0.355 e. The van der Waals surface area contributed by atoms with E-state index in [0.717, 1.165) is 17.1 Å². The molecule has 0 saturated carbocycles. The molecule has 8 nitrogen and oxygen atoms in total. The molecule has 2 atom stereocenters. The number of aryl methyl sites for hydroxylation is 2. The molecule has 2 aromatic rings. The van der Waals surface area contributed by atoms with Gasteiger partial charge in [0.05, 0.1) is 11.9 Å². The number of halogens is 3. The maximum atomic E-state index is 12.7. The number of likely N-dealkylation sites (tertiary alicyclic amines) is 1. The van der Waals surface area contributed by atoms with Gasteiger partial charge in [0, 0.05) is 62.0 Å². The summed E-state index contributed by atoms with van der Waals surface area (Å²) in [4.78, 5) is 24.7. The summed E-state index contributed by atoms with van der Waals surface area (Å²) in [5.74, 6) is 0.381. The molecule has 0 radical (unpaired) electrons. The number of anilines is 3. The van der Waals surface area contributed by atoms with Crippen LogP contribution in [0.1, 0.15) is 25.8 Å². The number of rotatable bonds is 4. The molecule has 4 rings (SSSR count). The zero-order valence-electron chi connectivity index (χ0n) is 18.0. The highest BCUT2D eigenvalue weighted by atomic mass is 19.4. The lowest BCUT2D eigenvalue weighted by Crippen LogP contribution is -2.38. The molecular weight excluding hydrogens is 411 g/mol. The van der Waals surface area contributed by atoms with Crippen LogP contribution >= 0.6 is 0 Å². The van der Waals surface area contributed by atoms with E-state index in [1.807, 2.05) is 34.0 Å². The third kappa shape index (κ3) is 4.05. The molecule has 31 heavy (non-hydrogen) atoms. The van der Waals surface area contributed by atoms with E-state index in [9.17, 15) is 18.0 Å². The fourth-order valence-corrected chi connectivity index (χ4v) is 4.70. The molecular formula is C20H26F3N7O. The lowest BCUT2D eigenvalue weighted by molar-refractivity contribution is -0.161. The molecule has 11 heteroatoms. The van der Waals surface area contributed by atoms with Gasteiger partial charge in [0.15, 0.2) is 0 Å². The van der Waals surface area contributed by atoms with E-state index in [1.54, 1.807) is 17.1 Å². The number of carbonyl (C=O) groups excluding carboxylic acids is 1. The summed E-state index contributed by atoms with van der Waals surface area (Å²) < 4.78 is 39.7. The first-order chi connectivity index (χ1) is 14.4. The van der Waals surface area contributed by atoms with Crippen molar-refractivity contribution in [2.24, 2.45) is 17.9 Å². The minimum Gasteiger partial charge on any atom is -0.355 e. The summed E-state index contributed by atoms with van der Waals surface area (Å²) in [6.45, 7) is 7.83. The van der Waals surface area contributed by atoms with Crippen molar-refractivity contribution in [2.45, 2.75) is 33.4 Å². The van der Waals surface area contributed by atoms with Gasteiger partial charge >= 0.3 is 6.18 Å². The summed E-state index contributed by atoms with van der Waals surface area (Å²) in [5, 5.41) is 7.25. The maximum absolute atomic E-state index is 12.7. The standard InChI is InChI=1S/C20H26F3N7O/c1-13-6-24-17(26-14-7-25-28(4)8-14)27-16(13)30-11-18(2)9-29(10-19(18,3)12-30)15(31)5-20(21,22)23/h6-8H,5,9-12H2,1-4H3,(H,24,26,27)/t18-,19+. The van der Waals surface area contributed by atoms with Crippen molar-refractivity contribution < 1.29 is 18.0 Å². The van der Waals surface area contributed by atoms with Gasteiger partial charge in [-0.25, -0.2) is 4.98 Å². The van der Waals surface area contributed by atoms with Gasteiger partial charge in [0.25, 0.3) is 0 Å². The van der Waals surface area contributed by atoms with Crippen molar-refractivity contribution in [1.29, 1.82) is 0 Å². The second-order valence-corrected chi connectivity index (χ2v) is 9.25. The highest BCUT2D eigenvalue weighted by molar-refractivity contribution is 5.77. The summed E-state index contributed by atoms with van der Waals surface area (Å²) in [7, 11) is 1.82. The number of hydrogen-bond donors (Lipinski definition) is 1. The van der Waals surface area contributed by atoms with Crippen molar-refractivity contribution in [1.82, 2.24) is 24.6 Å². The first-order valence-corrected chi connectivity index (χ1v) is 10.1. The minimum atomic E-state index is -4.49. The van der Waals surface area contributed by atoms with Crippen LogP contribution in [0.5, 0.6) is 0 Å². The van der Waals surface area contributed by atoms with Crippen molar-refractivity contribution >= 4 is 23.4 Å². The Kier molecular flexibility index (Phi) is 4.90. The zero-order chi connectivity index (χ0) is 22.6. The number of nitrogens with zero attached hydrogens (tertiary/aromatic N) is 6. The number of alkyl halides is 3. The second-order valence-electron chi connectivity index (χ2n) is 9.25. The lowest BCUT2D eigenvalue weighted by atomic mass is 9.71. The predicted octanol–water partition coefficient (Wildman–Crippen LogP) is 2.89. The third-order valence-electron chi connectivity index (χ3n) is 6.53. The van der Waals surface area contributed by atoms with Crippen molar-refractivity contribution in [3.8, 4) is 0 Å². The minimum absolute atomic E-state index is 0.305. The van der Waals surface area contributed by atoms with Crippen LogP contribution in [0.15, 0.2) is 18.6 Å². The quantitative estimate of drug-likeness (QED) is 0.793. The lowest BCUT2D eigenvalue weighted by Gasteiger charge is -2.29. The summed E-state index contributed by atoms with van der Waals surface area (Å²) in [5.41, 5.74) is 1.02. The van der Waals surface area contributed by atoms with E-state index < -0.39 is 18.5 Å². The van der Waals surface area contributed by atoms with Gasteiger partial charge in [-0.3, -0.25) is 9.48 Å². The van der Waals surface area contributed by atoms with E-state index >= 15 is 0 Å². The fraction of sp³-hybridized carbons (Fsp3) is 0.600. The first kappa shape index (κ1) is 21.4. The van der Waals surface area contributed by atoms with E-state index in [2.05, 4.69) is 25.3 Å². The number of carbonyl (C=O) groups is 1. The van der Waals surface area contributed by atoms with E-state index in [4.69, 9.17) is 0 Å². The predicted molar refractivity (Wildman–Crippen MR) is 109 cm³/mol. The van der Waals surface area contributed by atoms with Crippen LogP contribution in [0.25, 0.3) is 0 Å². The van der Waals surface area contributed by atoms with Crippen LogP contribution in [0, 0.1) is 17.8 Å². The Bertz CT molecular complexity index is 987. The highest BCUT2D eigenvalue weighted by Crippen LogP contribution is 2.52. The number of amides is 1. The van der Waals surface area contributed by atoms with Gasteiger partial charge in [-0.15, -0.1) is 0 Å². The number of nitrogens with one attached hydrogen (secondary N) is 1. The molecule has 0 unspecified atom stereocenters. The molecule has 2 aliphatic heterocycles. The largest absolute Gasteiger partial charge is 0.397 e. The van der Waals surface area contributed by atoms with Crippen molar-refractivity contribution in [2.75, 3.05) is 36.4 Å². The summed E-state index contributed by atoms with van der Waals surface area (Å²) in [6.07, 6.45) is -0.649. The Labute approximate surface area is 178 Å². The molecule has 0 spiro atoms. The van der Waals surface area contributed by atoms with Crippen LogP contribution in [0.2, 0.25) is 0 Å². The Morgan fingerprint density at radius 1 is 1.16 bits per heavy atom. The number of hydrogen-bond acceptors (Lipinski definition) is 6. The van der Waals surface area contributed by atoms with E-state index in [0.29, 0.717) is 32.1 Å². The highest BCUT2D eigenvalue weighted by Gasteiger charge is 2.59. The average molecular weight is 437 g/mol. The molecule has 2 aromatic heterocycles. The number of fused-ring (bicyclic) bond motifs is 1. The molecule has 0 aromatic carbocycles. The van der Waals surface area contributed by atoms with E-state index in [-0.39, 0.29) is 10.8 Å². The molecule has 168 valence electrons. The Balaban J connectivity index is 1.51. The van der Waals surface area contributed by atoms with Gasteiger partial charge in [-0.2, -0.15) is 23.3 Å². The fourth-order valence-electron chi connectivity index (χ4n) is 4.70. The third-order valence-corrected chi connectivity index (χ3v) is 6.53. The zero-order valence-corrected chi connectivity index (χ0v) is 18.0. The SMILES string of the molecule is Cc1cnc(Nc2cnn(C)c2)nc1N1C[C@]2(C)CN(C(=O)CC(F)(F)F)C[C@]2(C)C1. The van der Waals surface area contributed by atoms with Crippen LogP contribution in [-0.2, 0) is 11.8 Å². The van der Waals surface area contributed by atoms with Gasteiger partial charge < -0.3 is 15.1 Å². The van der Waals surface area contributed by atoms with E-state index in [1.165, 1.54) is 4.90 Å². The van der Waals surface area contributed by atoms with Gasteiger partial charge in [-0.05, 0) is 6.92 Å². The monoisotopic (exact) mass is 437 g/mol. The molecule has 2 aliphatic rings. The Morgan fingerprint density at radius 3 is 2.35 bits per heavy atom. The van der Waals surface area contributed by atoms with Crippen molar-refractivity contribution in [3.05, 3.63) is 24.2 Å². The van der Waals surface area contributed by atoms with Crippen LogP contribution in [0.4, 0.5) is 30.6 Å².